The fraction of sp³-hybridized carbons (Fsp3) is 0.700. The molecular formula is C20H25NO2. The summed E-state index contributed by atoms with van der Waals surface area (Å²) >= 11 is 0. The van der Waals surface area contributed by atoms with E-state index in [0.29, 0.717) is 18.3 Å². The zero-order valence-electron chi connectivity index (χ0n) is 13.9. The van der Waals surface area contributed by atoms with Crippen LogP contribution in [-0.4, -0.2) is 16.5 Å². The molecule has 0 radical (unpaired) electrons. The number of allylic oxidation sites excluding steroid dienone is 4. The molecule has 3 nitrogen and oxygen atoms in total. The normalized spacial score (nSPS) is 42.5. The van der Waals surface area contributed by atoms with Crippen LogP contribution >= 0.6 is 0 Å². The van der Waals surface area contributed by atoms with Crippen LogP contribution in [-0.2, 0) is 4.79 Å². The molecule has 0 aromatic carbocycles. The minimum absolute atomic E-state index is 0.122. The Balaban J connectivity index is 1.72. The van der Waals surface area contributed by atoms with Gasteiger partial charge in [0.15, 0.2) is 5.78 Å². The third kappa shape index (κ3) is 2.01. The van der Waals surface area contributed by atoms with E-state index in [0.717, 1.165) is 44.9 Å². The molecule has 4 atom stereocenters. The molecule has 2 saturated carbocycles. The average Bonchev–Trinajstić information content (AvgIpc) is 2.79. The summed E-state index contributed by atoms with van der Waals surface area (Å²) < 4.78 is 0. The van der Waals surface area contributed by atoms with Crippen LogP contribution in [0.1, 0.15) is 64.7 Å². The van der Waals surface area contributed by atoms with Crippen molar-refractivity contribution in [3.05, 3.63) is 22.8 Å². The van der Waals surface area contributed by atoms with Gasteiger partial charge >= 0.3 is 0 Å². The summed E-state index contributed by atoms with van der Waals surface area (Å²) in [7, 11) is 0. The summed E-state index contributed by atoms with van der Waals surface area (Å²) in [6.07, 6.45) is 9.67. The number of carbonyl (C=O) groups is 1. The van der Waals surface area contributed by atoms with Crippen molar-refractivity contribution in [3.8, 4) is 6.07 Å². The van der Waals surface area contributed by atoms with Crippen molar-refractivity contribution < 1.29 is 9.90 Å². The van der Waals surface area contributed by atoms with Gasteiger partial charge in [0.2, 0.25) is 0 Å². The number of hydrogen-bond donors (Lipinski definition) is 1. The lowest BCUT2D eigenvalue weighted by Gasteiger charge is -2.51. The zero-order valence-corrected chi connectivity index (χ0v) is 13.9. The van der Waals surface area contributed by atoms with Crippen LogP contribution < -0.4 is 0 Å². The highest BCUT2D eigenvalue weighted by atomic mass is 16.3. The van der Waals surface area contributed by atoms with Gasteiger partial charge in [-0.2, -0.15) is 5.26 Å². The molecule has 0 amide bonds. The number of rotatable bonds is 1. The smallest absolute Gasteiger partial charge is 0.156 e. The lowest BCUT2D eigenvalue weighted by molar-refractivity contribution is -0.114. The molecule has 122 valence electrons. The third-order valence-electron chi connectivity index (χ3n) is 7.43. The van der Waals surface area contributed by atoms with Crippen LogP contribution in [0.15, 0.2) is 22.8 Å². The van der Waals surface area contributed by atoms with Crippen molar-refractivity contribution in [1.29, 1.82) is 5.26 Å². The van der Waals surface area contributed by atoms with Crippen LogP contribution in [0.3, 0.4) is 0 Å². The first-order valence-corrected chi connectivity index (χ1v) is 9.03. The molecule has 4 aliphatic carbocycles. The molecule has 0 aliphatic heterocycles. The Bertz CT molecular complexity index is 668. The summed E-state index contributed by atoms with van der Waals surface area (Å²) in [6, 6.07) is 2.22. The number of fused-ring (bicyclic) bond motifs is 4. The molecule has 0 heterocycles. The number of aliphatic hydroxyl groups is 1. The van der Waals surface area contributed by atoms with Gasteiger partial charge in [-0.25, -0.2) is 0 Å². The van der Waals surface area contributed by atoms with E-state index in [1.165, 1.54) is 11.1 Å². The maximum atomic E-state index is 11.7. The Hall–Kier alpha value is -1.40. The fourth-order valence-electron chi connectivity index (χ4n) is 6.06. The quantitative estimate of drug-likeness (QED) is 0.800. The van der Waals surface area contributed by atoms with Crippen LogP contribution in [0.4, 0.5) is 0 Å². The highest BCUT2D eigenvalue weighted by molar-refractivity contribution is 5.93. The largest absolute Gasteiger partial charge is 0.388 e. The van der Waals surface area contributed by atoms with Gasteiger partial charge in [-0.3, -0.25) is 4.79 Å². The highest BCUT2D eigenvalue weighted by Gasteiger charge is 2.60. The molecule has 0 aromatic rings. The van der Waals surface area contributed by atoms with E-state index >= 15 is 0 Å². The first-order chi connectivity index (χ1) is 11.0. The van der Waals surface area contributed by atoms with Crippen LogP contribution in [0.5, 0.6) is 0 Å². The third-order valence-corrected chi connectivity index (χ3v) is 7.43. The standard InChI is InChI=1S/C20H25NO2/c1-19-8-6-16-15-5-3-14(22)12-13(15)2-4-17(16)18(19)7-9-20(19,23)10-11-21/h12,17-18,23H,2-10H2,1H3/t17?,18?,19-,20+/m0/s1. The van der Waals surface area contributed by atoms with E-state index in [1.807, 2.05) is 6.08 Å². The number of nitrogens with zero attached hydrogens (tertiary/aromatic N) is 1. The molecule has 4 rings (SSSR count). The lowest BCUT2D eigenvalue weighted by atomic mass is 9.54. The summed E-state index contributed by atoms with van der Waals surface area (Å²) in [5.74, 6) is 1.34. The zero-order chi connectivity index (χ0) is 16.2. The molecule has 4 aliphatic rings. The van der Waals surface area contributed by atoms with Gasteiger partial charge in [-0.05, 0) is 74.0 Å². The summed E-state index contributed by atoms with van der Waals surface area (Å²) in [5.41, 5.74) is 3.42. The second-order valence-corrected chi connectivity index (χ2v) is 8.21. The number of hydrogen-bond acceptors (Lipinski definition) is 3. The second-order valence-electron chi connectivity index (χ2n) is 8.21. The van der Waals surface area contributed by atoms with Crippen LogP contribution in [0.25, 0.3) is 0 Å². The minimum Gasteiger partial charge on any atom is -0.388 e. The van der Waals surface area contributed by atoms with Crippen molar-refractivity contribution in [1.82, 2.24) is 0 Å². The van der Waals surface area contributed by atoms with Gasteiger partial charge < -0.3 is 5.11 Å². The van der Waals surface area contributed by atoms with Gasteiger partial charge in [0.25, 0.3) is 0 Å². The van der Waals surface area contributed by atoms with Gasteiger partial charge in [0.05, 0.1) is 18.1 Å². The van der Waals surface area contributed by atoms with E-state index in [-0.39, 0.29) is 17.6 Å². The Morgan fingerprint density at radius 3 is 2.87 bits per heavy atom. The van der Waals surface area contributed by atoms with Gasteiger partial charge in [-0.1, -0.05) is 12.5 Å². The SMILES string of the molecule is C[C@]12CCC3=C4CCC(=O)C=C4CCC3C1CC[C@@]2(O)CC#N. The predicted molar refractivity (Wildman–Crippen MR) is 87.3 cm³/mol. The molecule has 0 aromatic heterocycles. The van der Waals surface area contributed by atoms with Gasteiger partial charge in [0.1, 0.15) is 0 Å². The highest BCUT2D eigenvalue weighted by Crippen LogP contribution is 2.64. The van der Waals surface area contributed by atoms with Crippen LogP contribution in [0, 0.1) is 28.6 Å². The first-order valence-electron chi connectivity index (χ1n) is 9.03. The van der Waals surface area contributed by atoms with E-state index in [1.54, 1.807) is 5.57 Å². The van der Waals surface area contributed by atoms with Crippen molar-refractivity contribution in [2.75, 3.05) is 0 Å². The number of ketones is 1. The molecule has 2 fully saturated rings. The van der Waals surface area contributed by atoms with Crippen molar-refractivity contribution >= 4 is 5.78 Å². The van der Waals surface area contributed by atoms with Crippen molar-refractivity contribution in [3.63, 3.8) is 0 Å². The average molecular weight is 311 g/mol. The molecule has 0 spiro atoms. The van der Waals surface area contributed by atoms with Gasteiger partial charge in [-0.15, -0.1) is 0 Å². The minimum atomic E-state index is -0.804. The fourth-order valence-corrected chi connectivity index (χ4v) is 6.06. The Labute approximate surface area is 138 Å². The maximum Gasteiger partial charge on any atom is 0.156 e. The second kappa shape index (κ2) is 5.05. The lowest BCUT2D eigenvalue weighted by Crippen LogP contribution is -2.49. The Morgan fingerprint density at radius 2 is 2.09 bits per heavy atom. The first kappa shape index (κ1) is 15.1. The maximum absolute atomic E-state index is 11.7. The Kier molecular flexibility index (Phi) is 3.32. The van der Waals surface area contributed by atoms with E-state index in [4.69, 9.17) is 5.26 Å². The monoisotopic (exact) mass is 311 g/mol. The summed E-state index contributed by atoms with van der Waals surface area (Å²) in [6.45, 7) is 2.22. The predicted octanol–water partition coefficient (Wildman–Crippen LogP) is 3.84. The van der Waals surface area contributed by atoms with Crippen molar-refractivity contribution in [2.45, 2.75) is 70.3 Å². The van der Waals surface area contributed by atoms with E-state index in [9.17, 15) is 9.90 Å². The van der Waals surface area contributed by atoms with E-state index in [2.05, 4.69) is 13.0 Å². The van der Waals surface area contributed by atoms with Crippen LogP contribution in [0.2, 0.25) is 0 Å². The summed E-state index contributed by atoms with van der Waals surface area (Å²) in [5, 5.41) is 20.3. The van der Waals surface area contributed by atoms with E-state index < -0.39 is 5.60 Å². The molecule has 23 heavy (non-hydrogen) atoms. The molecular weight excluding hydrogens is 286 g/mol. The van der Waals surface area contributed by atoms with Gasteiger partial charge in [0, 0.05) is 11.8 Å². The number of carbonyl (C=O) groups excluding carboxylic acids is 1. The molecule has 2 unspecified atom stereocenters. The topological polar surface area (TPSA) is 61.1 Å². The molecule has 0 saturated heterocycles. The molecule has 1 N–H and O–H groups in total. The van der Waals surface area contributed by atoms with Crippen molar-refractivity contribution in [2.24, 2.45) is 17.3 Å². The summed E-state index contributed by atoms with van der Waals surface area (Å²) in [4.78, 5) is 11.7. The number of nitriles is 1. The molecule has 3 heteroatoms. The molecule has 0 bridgehead atoms. The Morgan fingerprint density at radius 1 is 1.26 bits per heavy atom.